The van der Waals surface area contributed by atoms with Crippen LogP contribution in [0.15, 0.2) is 11.1 Å². The van der Waals surface area contributed by atoms with E-state index in [1.807, 2.05) is 0 Å². The van der Waals surface area contributed by atoms with E-state index in [-0.39, 0.29) is 5.95 Å². The Bertz CT molecular complexity index is 780. The summed E-state index contributed by atoms with van der Waals surface area (Å²) in [5, 5.41) is 19.8. The smallest absolute Gasteiger partial charge is 0.387 e. The number of aliphatic hydroxyl groups excluding tert-OH is 2. The largest absolute Gasteiger partial charge is 0.481 e. The third-order valence-electron chi connectivity index (χ3n) is 2.97. The summed E-state index contributed by atoms with van der Waals surface area (Å²) in [6.07, 6.45) is -5.34. The van der Waals surface area contributed by atoms with Crippen LogP contribution >= 0.6 is 15.6 Å². The summed E-state index contributed by atoms with van der Waals surface area (Å²) in [6.45, 7) is -0.896. The first-order chi connectivity index (χ1) is 11.4. The van der Waals surface area contributed by atoms with Crippen LogP contribution in [0.1, 0.15) is 6.23 Å². The van der Waals surface area contributed by atoms with E-state index in [1.165, 1.54) is 0 Å². The lowest BCUT2D eigenvalue weighted by Gasteiger charge is -2.17. The van der Waals surface area contributed by atoms with Crippen molar-refractivity contribution in [2.24, 2.45) is 0 Å². The number of phosphoric ester groups is 1. The van der Waals surface area contributed by atoms with Gasteiger partial charge < -0.3 is 35.4 Å². The molecule has 1 aromatic heterocycles. The average molecular weight is 404 g/mol. The maximum absolute atomic E-state index is 11.7. The van der Waals surface area contributed by atoms with E-state index in [9.17, 15) is 24.1 Å². The van der Waals surface area contributed by atoms with Crippen LogP contribution in [0, 0.1) is 0 Å². The molecule has 1 saturated heterocycles. The molecule has 1 aliphatic rings. The molecule has 142 valence electrons. The molecule has 0 aromatic carbocycles. The van der Waals surface area contributed by atoms with Gasteiger partial charge in [-0.25, -0.2) is 18.9 Å². The van der Waals surface area contributed by atoms with Crippen molar-refractivity contribution in [2.45, 2.75) is 24.5 Å². The lowest BCUT2D eigenvalue weighted by Crippen LogP contribution is -2.36. The lowest BCUT2D eigenvalue weighted by molar-refractivity contribution is -0.0546. The molecule has 0 amide bonds. The first kappa shape index (κ1) is 20.1. The molecule has 0 bridgehead atoms. The highest BCUT2D eigenvalue weighted by Gasteiger charge is 2.45. The molecule has 0 radical (unpaired) electrons. The normalized spacial score (nSPS) is 29.5. The zero-order valence-corrected chi connectivity index (χ0v) is 13.9. The molecular weight excluding hydrogens is 390 g/mol. The van der Waals surface area contributed by atoms with Crippen molar-refractivity contribution in [2.75, 3.05) is 12.3 Å². The van der Waals surface area contributed by atoms with Gasteiger partial charge in [0, 0.05) is 0 Å². The highest BCUT2D eigenvalue weighted by Crippen LogP contribution is 2.57. The van der Waals surface area contributed by atoms with Crippen molar-refractivity contribution in [1.82, 2.24) is 14.5 Å². The van der Waals surface area contributed by atoms with Crippen molar-refractivity contribution in [3.05, 3.63) is 16.8 Å². The van der Waals surface area contributed by atoms with E-state index in [0.717, 1.165) is 10.9 Å². The number of rotatable bonds is 6. The van der Waals surface area contributed by atoms with Gasteiger partial charge in [0.05, 0.1) is 6.61 Å². The maximum Gasteiger partial charge on any atom is 0.481 e. The van der Waals surface area contributed by atoms with Crippen LogP contribution < -0.4 is 11.4 Å². The summed E-state index contributed by atoms with van der Waals surface area (Å²) in [6, 6.07) is 0. The number of nitrogens with two attached hydrogens (primary N) is 1. The van der Waals surface area contributed by atoms with E-state index < -0.39 is 52.5 Å². The predicted molar refractivity (Wildman–Crippen MR) is 75.5 cm³/mol. The minimum Gasteiger partial charge on any atom is -0.387 e. The number of nitrogen functional groups attached to an aromatic ring is 1. The van der Waals surface area contributed by atoms with Gasteiger partial charge in [0.15, 0.2) is 6.23 Å². The van der Waals surface area contributed by atoms with Crippen molar-refractivity contribution in [1.29, 1.82) is 0 Å². The number of anilines is 1. The molecule has 17 heteroatoms. The standard InChI is InChI=1S/C8H14N4O11P2/c9-7-10-2-12(8(15)11-7)6-5(14)4(13)3(22-6)1-21-25(19,20)23-24(16,17)18/h2-6,13-14H,1H2,(H,19,20)(H2,9,11,15)(H2,16,17,18)/t3-,4+,5?,6-/m1/s1. The van der Waals surface area contributed by atoms with Gasteiger partial charge in [-0.3, -0.25) is 9.09 Å². The zero-order valence-electron chi connectivity index (χ0n) is 12.1. The number of hydrogen-bond donors (Lipinski definition) is 6. The van der Waals surface area contributed by atoms with Crippen LogP contribution in [0.2, 0.25) is 0 Å². The van der Waals surface area contributed by atoms with E-state index in [1.54, 1.807) is 0 Å². The Morgan fingerprint density at radius 3 is 2.48 bits per heavy atom. The summed E-state index contributed by atoms with van der Waals surface area (Å²) < 4.78 is 35.6. The first-order valence-electron chi connectivity index (χ1n) is 6.36. The minimum atomic E-state index is -5.31. The highest BCUT2D eigenvalue weighted by molar-refractivity contribution is 7.60. The fraction of sp³-hybridized carbons (Fsp3) is 0.625. The van der Waals surface area contributed by atoms with Gasteiger partial charge in [-0.1, -0.05) is 0 Å². The van der Waals surface area contributed by atoms with Crippen LogP contribution in [-0.2, 0) is 22.7 Å². The minimum absolute atomic E-state index is 0.329. The summed E-state index contributed by atoms with van der Waals surface area (Å²) in [5.41, 5.74) is 4.27. The third-order valence-corrected chi connectivity index (χ3v) is 5.12. The summed E-state index contributed by atoms with van der Waals surface area (Å²) in [4.78, 5) is 44.6. The Hall–Kier alpha value is -1.25. The van der Waals surface area contributed by atoms with Gasteiger partial charge in [-0.15, -0.1) is 0 Å². The van der Waals surface area contributed by atoms with Gasteiger partial charge in [0.25, 0.3) is 0 Å². The highest BCUT2D eigenvalue weighted by atomic mass is 31.3. The first-order valence-corrected chi connectivity index (χ1v) is 9.39. The fourth-order valence-electron chi connectivity index (χ4n) is 1.95. The fourth-order valence-corrected chi connectivity index (χ4v) is 3.55. The number of aromatic nitrogens is 3. The molecule has 0 spiro atoms. The van der Waals surface area contributed by atoms with Crippen molar-refractivity contribution in [3.8, 4) is 0 Å². The molecule has 1 fully saturated rings. The van der Waals surface area contributed by atoms with E-state index in [2.05, 4.69) is 18.8 Å². The number of ether oxygens (including phenoxy) is 1. The molecule has 1 aliphatic heterocycles. The lowest BCUT2D eigenvalue weighted by atomic mass is 10.1. The molecular formula is C8H14N4O11P2. The average Bonchev–Trinajstić information content (AvgIpc) is 2.71. The molecule has 5 atom stereocenters. The van der Waals surface area contributed by atoms with Gasteiger partial charge >= 0.3 is 21.3 Å². The van der Waals surface area contributed by atoms with Gasteiger partial charge in [-0.05, 0) is 0 Å². The summed E-state index contributed by atoms with van der Waals surface area (Å²) in [5.74, 6) is -0.329. The van der Waals surface area contributed by atoms with E-state index in [4.69, 9.17) is 25.2 Å². The van der Waals surface area contributed by atoms with Gasteiger partial charge in [0.2, 0.25) is 5.95 Å². The second kappa shape index (κ2) is 7.17. The van der Waals surface area contributed by atoms with Crippen molar-refractivity contribution in [3.63, 3.8) is 0 Å². The Morgan fingerprint density at radius 1 is 1.28 bits per heavy atom. The van der Waals surface area contributed by atoms with Gasteiger partial charge in [0.1, 0.15) is 24.6 Å². The van der Waals surface area contributed by atoms with Crippen LogP contribution in [0.5, 0.6) is 0 Å². The number of phosphoric acid groups is 2. The number of nitrogens with zero attached hydrogens (tertiary/aromatic N) is 3. The van der Waals surface area contributed by atoms with Crippen LogP contribution in [-0.4, -0.2) is 64.3 Å². The molecule has 1 aromatic rings. The Kier molecular flexibility index (Phi) is 5.75. The zero-order chi connectivity index (χ0) is 19.0. The van der Waals surface area contributed by atoms with Crippen LogP contribution in [0.4, 0.5) is 5.95 Å². The molecule has 0 saturated carbocycles. The Balaban J connectivity index is 2.08. The molecule has 0 aliphatic carbocycles. The monoisotopic (exact) mass is 404 g/mol. The number of aliphatic hydroxyl groups is 2. The molecule has 2 heterocycles. The predicted octanol–water partition coefficient (Wildman–Crippen LogP) is -2.93. The second-order valence-electron chi connectivity index (χ2n) is 4.79. The SMILES string of the molecule is Nc1ncn([C@@H]2O[C@H](COP(=O)(O)OP(=O)(O)O)[C@H](O)C2O)c(=O)n1. The molecule has 2 unspecified atom stereocenters. The van der Waals surface area contributed by atoms with E-state index >= 15 is 0 Å². The Morgan fingerprint density at radius 2 is 1.92 bits per heavy atom. The third kappa shape index (κ3) is 5.12. The molecule has 7 N–H and O–H groups in total. The molecule has 25 heavy (non-hydrogen) atoms. The number of hydrogen-bond acceptors (Lipinski definition) is 11. The molecule has 15 nitrogen and oxygen atoms in total. The maximum atomic E-state index is 11.7. The second-order valence-corrected chi connectivity index (χ2v) is 7.62. The van der Waals surface area contributed by atoms with Crippen molar-refractivity contribution < 1.29 is 47.6 Å². The topological polar surface area (TPSA) is 237 Å². The molecule has 2 rings (SSSR count). The Labute approximate surface area is 138 Å². The van der Waals surface area contributed by atoms with Crippen LogP contribution in [0.3, 0.4) is 0 Å². The quantitative estimate of drug-likeness (QED) is 0.260. The summed E-state index contributed by atoms with van der Waals surface area (Å²) in [7, 11) is -10.5. The van der Waals surface area contributed by atoms with Gasteiger partial charge in [-0.2, -0.15) is 9.29 Å². The summed E-state index contributed by atoms with van der Waals surface area (Å²) >= 11 is 0. The van der Waals surface area contributed by atoms with Crippen molar-refractivity contribution >= 4 is 21.6 Å². The van der Waals surface area contributed by atoms with E-state index in [0.29, 0.717) is 0 Å². The van der Waals surface area contributed by atoms with Crippen LogP contribution in [0.25, 0.3) is 0 Å².